The molecular weight excluding hydrogens is 244 g/mol. The van der Waals surface area contributed by atoms with Crippen molar-refractivity contribution in [3.63, 3.8) is 0 Å². The van der Waals surface area contributed by atoms with E-state index < -0.39 is 5.41 Å². The van der Waals surface area contributed by atoms with E-state index in [1.165, 1.54) is 11.3 Å². The number of carbonyl (C=O) groups is 1. The SMILES string of the molecule is CCC(C)(C#N)C(=O)NCc1ccc(Cl)s1. The van der Waals surface area contributed by atoms with Gasteiger partial charge < -0.3 is 5.32 Å². The number of rotatable bonds is 4. The molecule has 0 fully saturated rings. The number of nitrogens with one attached hydrogen (secondary N) is 1. The van der Waals surface area contributed by atoms with E-state index in [0.29, 0.717) is 17.3 Å². The summed E-state index contributed by atoms with van der Waals surface area (Å²) in [6, 6.07) is 5.69. The average molecular weight is 257 g/mol. The maximum atomic E-state index is 11.7. The molecule has 1 aromatic rings. The van der Waals surface area contributed by atoms with Gasteiger partial charge in [0, 0.05) is 4.88 Å². The van der Waals surface area contributed by atoms with Crippen LogP contribution >= 0.6 is 22.9 Å². The van der Waals surface area contributed by atoms with E-state index in [4.69, 9.17) is 16.9 Å². The van der Waals surface area contributed by atoms with Crippen molar-refractivity contribution < 1.29 is 4.79 Å². The molecule has 0 bridgehead atoms. The Balaban J connectivity index is 2.57. The highest BCUT2D eigenvalue weighted by atomic mass is 35.5. The summed E-state index contributed by atoms with van der Waals surface area (Å²) in [5.41, 5.74) is -0.943. The van der Waals surface area contributed by atoms with Gasteiger partial charge in [0.1, 0.15) is 5.41 Å². The average Bonchev–Trinajstić information content (AvgIpc) is 2.70. The summed E-state index contributed by atoms with van der Waals surface area (Å²) in [6.45, 7) is 3.89. The second-order valence-corrected chi connectivity index (χ2v) is 5.49. The summed E-state index contributed by atoms with van der Waals surface area (Å²) in [5, 5.41) is 11.7. The number of amides is 1. The van der Waals surface area contributed by atoms with Crippen LogP contribution in [0.3, 0.4) is 0 Å². The lowest BCUT2D eigenvalue weighted by Gasteiger charge is -2.17. The lowest BCUT2D eigenvalue weighted by Crippen LogP contribution is -2.37. The third-order valence-electron chi connectivity index (χ3n) is 2.51. The fourth-order valence-corrected chi connectivity index (χ4v) is 2.13. The van der Waals surface area contributed by atoms with Gasteiger partial charge in [-0.25, -0.2) is 0 Å². The van der Waals surface area contributed by atoms with Gasteiger partial charge >= 0.3 is 0 Å². The summed E-state index contributed by atoms with van der Waals surface area (Å²) in [6.07, 6.45) is 0.501. The van der Waals surface area contributed by atoms with Crippen LogP contribution in [0.1, 0.15) is 25.1 Å². The Labute approximate surface area is 104 Å². The van der Waals surface area contributed by atoms with Crippen molar-refractivity contribution in [2.45, 2.75) is 26.8 Å². The number of hydrogen-bond acceptors (Lipinski definition) is 3. The monoisotopic (exact) mass is 256 g/mol. The van der Waals surface area contributed by atoms with E-state index in [0.717, 1.165) is 4.88 Å². The second-order valence-electron chi connectivity index (χ2n) is 3.69. The van der Waals surface area contributed by atoms with Crippen molar-refractivity contribution >= 4 is 28.8 Å². The van der Waals surface area contributed by atoms with Crippen LogP contribution in [0.5, 0.6) is 0 Å². The molecule has 1 rings (SSSR count). The van der Waals surface area contributed by atoms with Crippen molar-refractivity contribution in [1.82, 2.24) is 5.32 Å². The fourth-order valence-electron chi connectivity index (χ4n) is 1.10. The minimum Gasteiger partial charge on any atom is -0.350 e. The predicted octanol–water partition coefficient (Wildman–Crippen LogP) is 2.96. The molecule has 0 aliphatic heterocycles. The first-order chi connectivity index (χ1) is 7.51. The van der Waals surface area contributed by atoms with Crippen LogP contribution in [-0.4, -0.2) is 5.91 Å². The number of halogens is 1. The maximum absolute atomic E-state index is 11.7. The summed E-state index contributed by atoms with van der Waals surface area (Å²) in [5.74, 6) is -0.234. The minimum atomic E-state index is -0.943. The van der Waals surface area contributed by atoms with Crippen LogP contribution in [-0.2, 0) is 11.3 Å². The third kappa shape index (κ3) is 2.97. The lowest BCUT2D eigenvalue weighted by molar-refractivity contribution is -0.127. The van der Waals surface area contributed by atoms with Gasteiger partial charge in [0.05, 0.1) is 17.0 Å². The molecular formula is C11H13ClN2OS. The van der Waals surface area contributed by atoms with Gasteiger partial charge in [0.25, 0.3) is 0 Å². The highest BCUT2D eigenvalue weighted by Gasteiger charge is 2.30. The predicted molar refractivity (Wildman–Crippen MR) is 65.2 cm³/mol. The van der Waals surface area contributed by atoms with Crippen molar-refractivity contribution in [2.75, 3.05) is 0 Å². The van der Waals surface area contributed by atoms with Crippen LogP contribution in [0.25, 0.3) is 0 Å². The normalized spacial score (nSPS) is 13.9. The Kier molecular flexibility index (Phi) is 4.34. The fraction of sp³-hybridized carbons (Fsp3) is 0.455. The Morgan fingerprint density at radius 3 is 2.81 bits per heavy atom. The van der Waals surface area contributed by atoms with Gasteiger partial charge in [-0.3, -0.25) is 4.79 Å². The Bertz CT molecular complexity index is 424. The number of nitriles is 1. The molecule has 1 N–H and O–H groups in total. The van der Waals surface area contributed by atoms with Gasteiger partial charge in [-0.15, -0.1) is 11.3 Å². The highest BCUT2D eigenvalue weighted by Crippen LogP contribution is 2.23. The molecule has 0 aromatic carbocycles. The molecule has 0 aliphatic carbocycles. The van der Waals surface area contributed by atoms with Crippen molar-refractivity contribution in [1.29, 1.82) is 5.26 Å². The first-order valence-corrected chi connectivity index (χ1v) is 6.15. The van der Waals surface area contributed by atoms with E-state index in [1.807, 2.05) is 19.1 Å². The topological polar surface area (TPSA) is 52.9 Å². The van der Waals surface area contributed by atoms with E-state index in [-0.39, 0.29) is 5.91 Å². The van der Waals surface area contributed by atoms with Crippen LogP contribution in [0.4, 0.5) is 0 Å². The molecule has 5 heteroatoms. The van der Waals surface area contributed by atoms with Crippen LogP contribution in [0.15, 0.2) is 12.1 Å². The Hall–Kier alpha value is -1.05. The van der Waals surface area contributed by atoms with Crippen molar-refractivity contribution in [3.05, 3.63) is 21.3 Å². The standard InChI is InChI=1S/C11H13ClN2OS/c1-3-11(2,7-13)10(15)14-6-8-4-5-9(12)16-8/h4-5H,3,6H2,1-2H3,(H,14,15). The number of hydrogen-bond donors (Lipinski definition) is 1. The van der Waals surface area contributed by atoms with E-state index in [9.17, 15) is 4.79 Å². The van der Waals surface area contributed by atoms with Gasteiger partial charge in [-0.1, -0.05) is 18.5 Å². The quantitative estimate of drug-likeness (QED) is 0.901. The first kappa shape index (κ1) is 13.0. The molecule has 1 aromatic heterocycles. The summed E-state index contributed by atoms with van der Waals surface area (Å²) >= 11 is 7.20. The van der Waals surface area contributed by atoms with Crippen molar-refractivity contribution in [3.8, 4) is 6.07 Å². The number of nitrogens with zero attached hydrogens (tertiary/aromatic N) is 1. The van der Waals surface area contributed by atoms with Gasteiger partial charge in [0.2, 0.25) is 5.91 Å². The van der Waals surface area contributed by atoms with Crippen LogP contribution in [0.2, 0.25) is 4.34 Å². The summed E-state index contributed by atoms with van der Waals surface area (Å²) < 4.78 is 0.697. The summed E-state index contributed by atoms with van der Waals surface area (Å²) in [7, 11) is 0. The van der Waals surface area contributed by atoms with Gasteiger partial charge in [0.15, 0.2) is 0 Å². The molecule has 1 heterocycles. The maximum Gasteiger partial charge on any atom is 0.240 e. The highest BCUT2D eigenvalue weighted by molar-refractivity contribution is 7.16. The number of thiophene rings is 1. The van der Waals surface area contributed by atoms with Crippen LogP contribution < -0.4 is 5.32 Å². The van der Waals surface area contributed by atoms with E-state index in [2.05, 4.69) is 5.32 Å². The molecule has 0 aliphatic rings. The Morgan fingerprint density at radius 1 is 1.69 bits per heavy atom. The lowest BCUT2D eigenvalue weighted by atomic mass is 9.88. The minimum absolute atomic E-state index is 0.234. The van der Waals surface area contributed by atoms with Gasteiger partial charge in [-0.05, 0) is 25.5 Å². The molecule has 0 saturated carbocycles. The van der Waals surface area contributed by atoms with Crippen molar-refractivity contribution in [2.24, 2.45) is 5.41 Å². The zero-order valence-electron chi connectivity index (χ0n) is 9.21. The number of carbonyl (C=O) groups excluding carboxylic acids is 1. The molecule has 86 valence electrons. The zero-order valence-corrected chi connectivity index (χ0v) is 10.8. The van der Waals surface area contributed by atoms with E-state index in [1.54, 1.807) is 13.0 Å². The Morgan fingerprint density at radius 2 is 2.38 bits per heavy atom. The zero-order chi connectivity index (χ0) is 12.2. The molecule has 1 amide bonds. The smallest absolute Gasteiger partial charge is 0.240 e. The van der Waals surface area contributed by atoms with Crippen LogP contribution in [0, 0.1) is 16.7 Å². The second kappa shape index (κ2) is 5.33. The molecule has 1 atom stereocenters. The molecule has 3 nitrogen and oxygen atoms in total. The third-order valence-corrected chi connectivity index (χ3v) is 3.74. The largest absolute Gasteiger partial charge is 0.350 e. The molecule has 1 unspecified atom stereocenters. The first-order valence-electron chi connectivity index (χ1n) is 4.95. The molecule has 16 heavy (non-hydrogen) atoms. The summed E-state index contributed by atoms with van der Waals surface area (Å²) in [4.78, 5) is 12.7. The molecule has 0 spiro atoms. The molecule has 0 saturated heterocycles. The molecule has 0 radical (unpaired) electrons. The van der Waals surface area contributed by atoms with Gasteiger partial charge in [-0.2, -0.15) is 5.26 Å². The van der Waals surface area contributed by atoms with E-state index >= 15 is 0 Å².